The van der Waals surface area contributed by atoms with Crippen molar-refractivity contribution in [3.05, 3.63) is 65.7 Å². The maximum atomic E-state index is 12.4. The zero-order valence-electron chi connectivity index (χ0n) is 15.4. The van der Waals surface area contributed by atoms with Crippen LogP contribution in [-0.2, 0) is 4.74 Å². The summed E-state index contributed by atoms with van der Waals surface area (Å²) in [7, 11) is 0. The summed E-state index contributed by atoms with van der Waals surface area (Å²) in [6.07, 6.45) is 2.14. The fraction of sp³-hybridized carbons (Fsp3) is 0.286. The molecule has 0 aliphatic carbocycles. The summed E-state index contributed by atoms with van der Waals surface area (Å²) in [4.78, 5) is 36.5. The molecule has 0 bridgehead atoms. The molecule has 2 N–H and O–H groups in total. The van der Waals surface area contributed by atoms with Crippen LogP contribution in [0, 0.1) is 0 Å². The molecule has 0 spiro atoms. The maximum Gasteiger partial charge on any atom is 0.419 e. The number of benzene rings is 2. The third-order valence-corrected chi connectivity index (χ3v) is 3.85. The predicted octanol–water partition coefficient (Wildman–Crippen LogP) is 3.32. The Balaban J connectivity index is 1.91. The van der Waals surface area contributed by atoms with Gasteiger partial charge in [0.05, 0.1) is 17.7 Å². The van der Waals surface area contributed by atoms with Crippen molar-refractivity contribution in [1.29, 1.82) is 0 Å². The fourth-order valence-corrected chi connectivity index (χ4v) is 2.45. The van der Waals surface area contributed by atoms with Gasteiger partial charge in [0.15, 0.2) is 0 Å². The number of hydrogen-bond acceptors (Lipinski definition) is 6. The number of unbranched alkanes of at least 4 members (excludes halogenated alkanes) is 3. The van der Waals surface area contributed by atoms with E-state index in [1.54, 1.807) is 42.5 Å². The fourth-order valence-electron chi connectivity index (χ4n) is 2.45. The molecule has 0 aliphatic heterocycles. The quantitative estimate of drug-likeness (QED) is 0.507. The molecule has 7 heteroatoms. The van der Waals surface area contributed by atoms with E-state index in [9.17, 15) is 14.4 Å². The summed E-state index contributed by atoms with van der Waals surface area (Å²) in [5.41, 5.74) is 0.0978. The molecule has 0 radical (unpaired) electrons. The van der Waals surface area contributed by atoms with E-state index in [0.29, 0.717) is 12.2 Å². The number of imide groups is 1. The highest BCUT2D eigenvalue weighted by molar-refractivity contribution is 6.09. The molecule has 2 rings (SSSR count). The first kappa shape index (κ1) is 21.1. The van der Waals surface area contributed by atoms with Gasteiger partial charge in [0.1, 0.15) is 5.75 Å². The van der Waals surface area contributed by atoms with E-state index in [-0.39, 0.29) is 24.3 Å². The second-order valence-electron chi connectivity index (χ2n) is 5.98. The van der Waals surface area contributed by atoms with Crippen LogP contribution in [0.2, 0.25) is 0 Å². The van der Waals surface area contributed by atoms with E-state index in [2.05, 4.69) is 5.32 Å². The molecule has 148 valence electrons. The van der Waals surface area contributed by atoms with Gasteiger partial charge in [-0.15, -0.1) is 0 Å². The number of hydrogen-bond donors (Lipinski definition) is 2. The van der Waals surface area contributed by atoms with E-state index in [1.807, 2.05) is 0 Å². The highest BCUT2D eigenvalue weighted by atomic mass is 16.6. The minimum atomic E-state index is -0.941. The second kappa shape index (κ2) is 11.5. The lowest BCUT2D eigenvalue weighted by Crippen LogP contribution is -2.34. The lowest BCUT2D eigenvalue weighted by atomic mass is 10.1. The smallest absolute Gasteiger partial charge is 0.419 e. The molecule has 7 nitrogen and oxygen atoms in total. The Morgan fingerprint density at radius 3 is 2.18 bits per heavy atom. The summed E-state index contributed by atoms with van der Waals surface area (Å²) in [6, 6.07) is 14.4. The molecule has 2 aromatic rings. The van der Waals surface area contributed by atoms with Crippen molar-refractivity contribution in [2.45, 2.75) is 25.7 Å². The van der Waals surface area contributed by atoms with Crippen LogP contribution in [0.4, 0.5) is 4.79 Å². The Morgan fingerprint density at radius 1 is 0.821 bits per heavy atom. The van der Waals surface area contributed by atoms with Crippen LogP contribution in [0.15, 0.2) is 54.6 Å². The van der Waals surface area contributed by atoms with Crippen LogP contribution in [0.25, 0.3) is 0 Å². The zero-order valence-corrected chi connectivity index (χ0v) is 15.4. The van der Waals surface area contributed by atoms with Crippen molar-refractivity contribution in [1.82, 2.24) is 5.32 Å². The summed E-state index contributed by atoms with van der Waals surface area (Å²) in [5, 5.41) is 10.8. The van der Waals surface area contributed by atoms with Crippen molar-refractivity contribution < 1.29 is 29.0 Å². The Labute approximate surface area is 163 Å². The lowest BCUT2D eigenvalue weighted by Gasteiger charge is -2.10. The van der Waals surface area contributed by atoms with Crippen LogP contribution in [0.1, 0.15) is 46.4 Å². The van der Waals surface area contributed by atoms with Gasteiger partial charge in [-0.1, -0.05) is 36.8 Å². The molecule has 0 fully saturated rings. The molecule has 0 heterocycles. The monoisotopic (exact) mass is 385 g/mol. The van der Waals surface area contributed by atoms with Crippen LogP contribution in [-0.4, -0.2) is 36.3 Å². The molecule has 2 amide bonds. The van der Waals surface area contributed by atoms with Crippen molar-refractivity contribution in [2.24, 2.45) is 0 Å². The third kappa shape index (κ3) is 6.85. The van der Waals surface area contributed by atoms with Crippen LogP contribution in [0.5, 0.6) is 5.75 Å². The van der Waals surface area contributed by atoms with Gasteiger partial charge in [0, 0.05) is 6.61 Å². The van der Waals surface area contributed by atoms with E-state index < -0.39 is 18.0 Å². The van der Waals surface area contributed by atoms with Gasteiger partial charge in [0.25, 0.3) is 5.91 Å². The molecular formula is C21H23NO6. The van der Waals surface area contributed by atoms with Crippen molar-refractivity contribution in [3.63, 3.8) is 0 Å². The number of rotatable bonds is 9. The number of ether oxygens (including phenoxy) is 2. The van der Waals surface area contributed by atoms with E-state index in [4.69, 9.17) is 14.6 Å². The normalized spacial score (nSPS) is 10.2. The largest absolute Gasteiger partial charge is 0.462 e. The number of amides is 2. The van der Waals surface area contributed by atoms with Crippen LogP contribution < -0.4 is 10.1 Å². The first-order chi connectivity index (χ1) is 13.6. The molecule has 0 aliphatic rings. The molecule has 0 aromatic heterocycles. The van der Waals surface area contributed by atoms with E-state index >= 15 is 0 Å². The highest BCUT2D eigenvalue weighted by Gasteiger charge is 2.20. The molecule has 0 atom stereocenters. The molecule has 2 aromatic carbocycles. The van der Waals surface area contributed by atoms with Gasteiger partial charge in [-0.2, -0.15) is 0 Å². The standard InChI is InChI=1S/C21H23NO6/c23-14-8-1-2-9-15-27-20(25)18-13-7-6-12-17(18)19(24)22-21(26)28-16-10-4-3-5-11-16/h3-7,10-13,23H,1-2,8-9,14-15H2,(H,22,24,26). The number of esters is 1. The topological polar surface area (TPSA) is 102 Å². The van der Waals surface area contributed by atoms with Crippen LogP contribution >= 0.6 is 0 Å². The van der Waals surface area contributed by atoms with Gasteiger partial charge >= 0.3 is 12.1 Å². The number of aliphatic hydroxyl groups excluding tert-OH is 1. The Bertz CT molecular complexity index is 790. The second-order valence-corrected chi connectivity index (χ2v) is 5.98. The van der Waals surface area contributed by atoms with Crippen LogP contribution in [0.3, 0.4) is 0 Å². The third-order valence-electron chi connectivity index (χ3n) is 3.85. The Hall–Kier alpha value is -3.19. The highest BCUT2D eigenvalue weighted by Crippen LogP contribution is 2.12. The molecular weight excluding hydrogens is 362 g/mol. The molecule has 28 heavy (non-hydrogen) atoms. The molecule has 0 saturated heterocycles. The van der Waals surface area contributed by atoms with Gasteiger partial charge < -0.3 is 14.6 Å². The summed E-state index contributed by atoms with van der Waals surface area (Å²) >= 11 is 0. The minimum absolute atomic E-state index is 0.0257. The van der Waals surface area contributed by atoms with Gasteiger partial charge in [0.2, 0.25) is 0 Å². The number of aliphatic hydroxyl groups is 1. The number of carbonyl (C=O) groups is 3. The number of carbonyl (C=O) groups excluding carboxylic acids is 3. The summed E-state index contributed by atoms with van der Waals surface area (Å²) < 4.78 is 10.2. The van der Waals surface area contributed by atoms with E-state index in [1.165, 1.54) is 12.1 Å². The lowest BCUT2D eigenvalue weighted by molar-refractivity contribution is 0.0493. The summed E-state index contributed by atoms with van der Waals surface area (Å²) in [5.74, 6) is -1.09. The zero-order chi connectivity index (χ0) is 20.2. The number of para-hydroxylation sites is 1. The first-order valence-electron chi connectivity index (χ1n) is 9.07. The summed E-state index contributed by atoms with van der Waals surface area (Å²) in [6.45, 7) is 0.366. The average molecular weight is 385 g/mol. The molecule has 0 unspecified atom stereocenters. The SMILES string of the molecule is O=C(NC(=O)c1ccccc1C(=O)OCCCCCCO)Oc1ccccc1. The average Bonchev–Trinajstić information content (AvgIpc) is 2.71. The predicted molar refractivity (Wildman–Crippen MR) is 102 cm³/mol. The van der Waals surface area contributed by atoms with Crippen molar-refractivity contribution in [3.8, 4) is 5.75 Å². The Morgan fingerprint density at radius 2 is 1.46 bits per heavy atom. The van der Waals surface area contributed by atoms with Crippen molar-refractivity contribution >= 4 is 18.0 Å². The van der Waals surface area contributed by atoms with Gasteiger partial charge in [-0.05, 0) is 43.5 Å². The number of nitrogens with one attached hydrogen (secondary N) is 1. The molecule has 0 saturated carbocycles. The maximum absolute atomic E-state index is 12.4. The van der Waals surface area contributed by atoms with Gasteiger partial charge in [-0.3, -0.25) is 10.1 Å². The van der Waals surface area contributed by atoms with E-state index in [0.717, 1.165) is 19.3 Å². The Kier molecular flexibility index (Phi) is 8.68. The minimum Gasteiger partial charge on any atom is -0.462 e. The van der Waals surface area contributed by atoms with Crippen molar-refractivity contribution in [2.75, 3.05) is 13.2 Å². The first-order valence-corrected chi connectivity index (χ1v) is 9.07. The van der Waals surface area contributed by atoms with Gasteiger partial charge in [-0.25, -0.2) is 9.59 Å².